The normalized spacial score (nSPS) is 18.3. The number of amides is 1. The number of carbonyl (C=O) groups is 3. The van der Waals surface area contributed by atoms with Crippen molar-refractivity contribution in [2.45, 2.75) is 52.5 Å². The number of aryl methyl sites for hydroxylation is 1. The highest BCUT2D eigenvalue weighted by molar-refractivity contribution is 6.48. The molecule has 5 nitrogen and oxygen atoms in total. The van der Waals surface area contributed by atoms with Crippen molar-refractivity contribution in [2.75, 3.05) is 4.90 Å². The lowest BCUT2D eigenvalue weighted by Gasteiger charge is -2.27. The Balaban J connectivity index is 1.81. The maximum absolute atomic E-state index is 13.7. The van der Waals surface area contributed by atoms with Crippen LogP contribution < -0.4 is 4.90 Å². The van der Waals surface area contributed by atoms with Crippen molar-refractivity contribution in [2.24, 2.45) is 5.92 Å². The highest BCUT2D eigenvalue weighted by Gasteiger charge is 2.52. The van der Waals surface area contributed by atoms with E-state index in [-0.39, 0.29) is 5.78 Å². The number of hydrogen-bond donors (Lipinski definition) is 0. The number of Topliss-reactive ketones (excluding diaryl/α,β-unsaturated/α-hetero) is 2. The van der Waals surface area contributed by atoms with E-state index < -0.39 is 23.7 Å². The molecule has 2 atom stereocenters. The van der Waals surface area contributed by atoms with Gasteiger partial charge >= 0.3 is 0 Å². The van der Waals surface area contributed by atoms with Gasteiger partial charge in [0.05, 0.1) is 6.04 Å². The van der Waals surface area contributed by atoms with E-state index in [4.69, 9.17) is 0 Å². The number of carbonyl (C=O) groups excluding carboxylic acids is 3. The molecule has 0 N–H and O–H groups in total. The second kappa shape index (κ2) is 9.34. The topological polar surface area (TPSA) is 67.3 Å². The first kappa shape index (κ1) is 23.6. The van der Waals surface area contributed by atoms with Gasteiger partial charge in [0.25, 0.3) is 5.91 Å². The van der Waals surface area contributed by atoms with Crippen molar-refractivity contribution in [1.29, 1.82) is 0 Å². The third-order valence-corrected chi connectivity index (χ3v) is 6.54. The summed E-state index contributed by atoms with van der Waals surface area (Å²) in [7, 11) is 0. The average molecular weight is 455 g/mol. The van der Waals surface area contributed by atoms with Crippen LogP contribution in [0.4, 0.5) is 5.82 Å². The molecule has 4 rings (SSSR count). The molecule has 0 radical (unpaired) electrons. The zero-order valence-corrected chi connectivity index (χ0v) is 20.3. The van der Waals surface area contributed by atoms with Gasteiger partial charge in [0.15, 0.2) is 5.78 Å². The Kier molecular flexibility index (Phi) is 6.47. The summed E-state index contributed by atoms with van der Waals surface area (Å²) in [6, 6.07) is 17.9. The van der Waals surface area contributed by atoms with Crippen LogP contribution in [0.25, 0.3) is 0 Å². The molecule has 0 bridgehead atoms. The summed E-state index contributed by atoms with van der Waals surface area (Å²) in [5.41, 5.74) is 4.36. The molecule has 5 heteroatoms. The number of ketones is 2. The third-order valence-electron chi connectivity index (χ3n) is 6.54. The molecule has 0 saturated carbocycles. The number of rotatable bonds is 6. The van der Waals surface area contributed by atoms with Gasteiger partial charge in [-0.3, -0.25) is 19.3 Å². The maximum atomic E-state index is 13.7. The van der Waals surface area contributed by atoms with Gasteiger partial charge in [-0.1, -0.05) is 82.3 Å². The Labute approximate surface area is 200 Å². The van der Waals surface area contributed by atoms with Crippen LogP contribution >= 0.6 is 0 Å². The van der Waals surface area contributed by atoms with E-state index in [1.54, 1.807) is 24.4 Å². The average Bonchev–Trinajstić information content (AvgIpc) is 3.09. The van der Waals surface area contributed by atoms with Crippen LogP contribution in [0.5, 0.6) is 0 Å². The molecule has 2 aromatic carbocycles. The fourth-order valence-corrected chi connectivity index (χ4v) is 4.41. The first-order chi connectivity index (χ1) is 16.2. The van der Waals surface area contributed by atoms with Crippen LogP contribution in [0.1, 0.15) is 78.2 Å². The second-order valence-corrected chi connectivity index (χ2v) is 9.62. The number of nitrogens with zero attached hydrogens (tertiary/aromatic N) is 2. The number of anilines is 1. The largest absolute Gasteiger partial charge is 0.297 e. The minimum atomic E-state index is -1.13. The number of hydrogen-bond acceptors (Lipinski definition) is 4. The van der Waals surface area contributed by atoms with Gasteiger partial charge in [0.1, 0.15) is 11.7 Å². The minimum absolute atomic E-state index is 0.328. The van der Waals surface area contributed by atoms with Crippen LogP contribution in [-0.2, 0) is 9.59 Å². The molecule has 1 aromatic heterocycles. The Hall–Kier alpha value is -3.60. The summed E-state index contributed by atoms with van der Waals surface area (Å²) in [6.07, 6.45) is 1.66. The molecule has 1 fully saturated rings. The summed E-state index contributed by atoms with van der Waals surface area (Å²) in [5, 5.41) is 0. The van der Waals surface area contributed by atoms with E-state index in [1.165, 1.54) is 4.90 Å². The lowest BCUT2D eigenvalue weighted by Crippen LogP contribution is -2.31. The molecule has 34 heavy (non-hydrogen) atoms. The van der Waals surface area contributed by atoms with Gasteiger partial charge in [-0.05, 0) is 47.1 Å². The molecule has 1 amide bonds. The zero-order valence-electron chi connectivity index (χ0n) is 20.3. The van der Waals surface area contributed by atoms with Crippen LogP contribution in [0.3, 0.4) is 0 Å². The molecular weight excluding hydrogens is 424 g/mol. The number of aromatic nitrogens is 1. The summed E-state index contributed by atoms with van der Waals surface area (Å²) in [5.74, 6) is -1.84. The lowest BCUT2D eigenvalue weighted by molar-refractivity contribution is -0.135. The van der Waals surface area contributed by atoms with Crippen molar-refractivity contribution >= 4 is 23.3 Å². The predicted octanol–water partition coefficient (Wildman–Crippen LogP) is 5.79. The summed E-state index contributed by atoms with van der Waals surface area (Å²) in [6.45, 7) is 10.3. The molecule has 174 valence electrons. The van der Waals surface area contributed by atoms with Gasteiger partial charge in [0, 0.05) is 11.8 Å². The summed E-state index contributed by atoms with van der Waals surface area (Å²) in [4.78, 5) is 45.9. The van der Waals surface area contributed by atoms with Crippen molar-refractivity contribution in [3.05, 3.63) is 94.7 Å². The molecule has 1 aliphatic rings. The van der Waals surface area contributed by atoms with Crippen molar-refractivity contribution < 1.29 is 14.4 Å². The van der Waals surface area contributed by atoms with Crippen molar-refractivity contribution in [3.8, 4) is 0 Å². The molecule has 0 aliphatic carbocycles. The Bertz CT molecular complexity index is 1210. The predicted molar refractivity (Wildman–Crippen MR) is 133 cm³/mol. The highest BCUT2D eigenvalue weighted by Crippen LogP contribution is 2.41. The monoisotopic (exact) mass is 454 g/mol. The van der Waals surface area contributed by atoms with Crippen molar-refractivity contribution in [1.82, 2.24) is 4.98 Å². The molecule has 3 aromatic rings. The first-order valence-corrected chi connectivity index (χ1v) is 11.7. The van der Waals surface area contributed by atoms with E-state index in [0.29, 0.717) is 23.2 Å². The molecular formula is C29H30N2O3. The molecule has 1 saturated heterocycles. The van der Waals surface area contributed by atoms with E-state index in [9.17, 15) is 14.4 Å². The summed E-state index contributed by atoms with van der Waals surface area (Å²) >= 11 is 0. The van der Waals surface area contributed by atoms with Crippen molar-refractivity contribution in [3.63, 3.8) is 0 Å². The van der Waals surface area contributed by atoms with E-state index >= 15 is 0 Å². The van der Waals surface area contributed by atoms with E-state index in [2.05, 4.69) is 32.7 Å². The molecule has 0 spiro atoms. The van der Waals surface area contributed by atoms with Gasteiger partial charge in [-0.2, -0.15) is 0 Å². The molecule has 2 heterocycles. The SMILES string of the molecule is Cc1ccc(N2C(=O)C(=O)C(C(=O)c3ccc(C(C)C)cc3)C2c2ccc(C(C)C)cc2)nc1. The van der Waals surface area contributed by atoms with Crippen LogP contribution in [0.2, 0.25) is 0 Å². The summed E-state index contributed by atoms with van der Waals surface area (Å²) < 4.78 is 0. The minimum Gasteiger partial charge on any atom is -0.293 e. The van der Waals surface area contributed by atoms with E-state index in [1.807, 2.05) is 49.4 Å². The van der Waals surface area contributed by atoms with Crippen LogP contribution in [-0.4, -0.2) is 22.5 Å². The van der Waals surface area contributed by atoms with Gasteiger partial charge in [-0.15, -0.1) is 0 Å². The Morgan fingerprint density at radius 1 is 0.824 bits per heavy atom. The third kappa shape index (κ3) is 4.30. The van der Waals surface area contributed by atoms with Gasteiger partial charge in [0.2, 0.25) is 5.78 Å². The standard InChI is InChI=1S/C29H30N2O3/c1-17(2)20-7-11-22(12-8-20)26-25(27(32)23-13-9-21(10-14-23)18(3)4)28(33)29(34)31(26)24-15-6-19(5)16-30-24/h6-18,25-26H,1-5H3. The molecule has 1 aliphatic heterocycles. The highest BCUT2D eigenvalue weighted by atomic mass is 16.2. The molecule has 2 unspecified atom stereocenters. The van der Waals surface area contributed by atoms with E-state index in [0.717, 1.165) is 22.3 Å². The van der Waals surface area contributed by atoms with Crippen LogP contribution in [0, 0.1) is 12.8 Å². The quantitative estimate of drug-likeness (QED) is 0.268. The fraction of sp³-hybridized carbons (Fsp3) is 0.310. The van der Waals surface area contributed by atoms with Gasteiger partial charge < -0.3 is 0 Å². The Morgan fingerprint density at radius 3 is 1.88 bits per heavy atom. The first-order valence-electron chi connectivity index (χ1n) is 11.7. The Morgan fingerprint density at radius 2 is 1.38 bits per heavy atom. The zero-order chi connectivity index (χ0) is 24.6. The smallest absolute Gasteiger partial charge is 0.293 e. The fourth-order valence-electron chi connectivity index (χ4n) is 4.41. The van der Waals surface area contributed by atoms with Gasteiger partial charge in [-0.25, -0.2) is 4.98 Å². The lowest BCUT2D eigenvalue weighted by atomic mass is 9.85. The number of benzene rings is 2. The van der Waals surface area contributed by atoms with Crippen LogP contribution in [0.15, 0.2) is 66.9 Å². The number of pyridine rings is 1. The second-order valence-electron chi connectivity index (χ2n) is 9.62. The maximum Gasteiger partial charge on any atom is 0.297 e.